The standard InChI is InChI=1S/C16H16F4N2O3S/c1-4-24-26-25-11-6-5-9-21-13(11)10-7-8-12(22(3)14(10)23)16(19,20)15(2,17)18/h5-9H,4H2,1-3H3. The van der Waals surface area contributed by atoms with Crippen LogP contribution in [0.3, 0.4) is 0 Å². The molecule has 0 saturated carbocycles. The van der Waals surface area contributed by atoms with E-state index in [0.717, 1.165) is 19.2 Å². The van der Waals surface area contributed by atoms with E-state index in [1.54, 1.807) is 13.0 Å². The molecule has 26 heavy (non-hydrogen) atoms. The molecule has 2 heterocycles. The van der Waals surface area contributed by atoms with Gasteiger partial charge in [0.2, 0.25) is 12.3 Å². The minimum Gasteiger partial charge on any atom is -0.398 e. The van der Waals surface area contributed by atoms with E-state index in [-0.39, 0.29) is 23.9 Å². The fraction of sp³-hybridized carbons (Fsp3) is 0.375. The average molecular weight is 392 g/mol. The second-order valence-corrected chi connectivity index (χ2v) is 5.91. The largest absolute Gasteiger partial charge is 0.398 e. The predicted molar refractivity (Wildman–Crippen MR) is 89.3 cm³/mol. The molecule has 0 amide bonds. The molecule has 0 aliphatic carbocycles. The Bertz CT molecular complexity index is 837. The first-order chi connectivity index (χ1) is 12.1. The zero-order valence-electron chi connectivity index (χ0n) is 14.1. The molecule has 142 valence electrons. The van der Waals surface area contributed by atoms with E-state index in [2.05, 4.69) is 4.98 Å². The second-order valence-electron chi connectivity index (χ2n) is 5.37. The van der Waals surface area contributed by atoms with Crippen molar-refractivity contribution in [2.45, 2.75) is 25.7 Å². The van der Waals surface area contributed by atoms with Gasteiger partial charge in [-0.25, -0.2) is 0 Å². The summed E-state index contributed by atoms with van der Waals surface area (Å²) in [5, 5.41) is 0. The summed E-state index contributed by atoms with van der Waals surface area (Å²) in [5.74, 6) is -8.66. The second kappa shape index (κ2) is 7.67. The Hall–Kier alpha value is -2.07. The molecule has 0 saturated heterocycles. The highest BCUT2D eigenvalue weighted by molar-refractivity contribution is 7.90. The number of hydrogen-bond donors (Lipinski definition) is 0. The monoisotopic (exact) mass is 392 g/mol. The summed E-state index contributed by atoms with van der Waals surface area (Å²) in [5.41, 5.74) is -1.99. The highest BCUT2D eigenvalue weighted by Gasteiger charge is 2.55. The maximum absolute atomic E-state index is 14.0. The van der Waals surface area contributed by atoms with Gasteiger partial charge in [-0.05, 0) is 31.2 Å². The molecular weight excluding hydrogens is 376 g/mol. The minimum absolute atomic E-state index is 0.0702. The third kappa shape index (κ3) is 3.85. The zero-order valence-corrected chi connectivity index (χ0v) is 14.9. The van der Waals surface area contributed by atoms with Crippen molar-refractivity contribution in [2.75, 3.05) is 6.61 Å². The Morgan fingerprint density at radius 2 is 1.92 bits per heavy atom. The van der Waals surface area contributed by atoms with Crippen LogP contribution < -0.4 is 9.74 Å². The molecule has 2 aromatic heterocycles. The lowest BCUT2D eigenvalue weighted by molar-refractivity contribution is -0.208. The summed E-state index contributed by atoms with van der Waals surface area (Å²) >= 11 is 0.668. The highest BCUT2D eigenvalue weighted by atomic mass is 32.2. The van der Waals surface area contributed by atoms with Crippen LogP contribution in [-0.2, 0) is 17.2 Å². The third-order valence-electron chi connectivity index (χ3n) is 3.49. The van der Waals surface area contributed by atoms with Crippen molar-refractivity contribution in [1.29, 1.82) is 0 Å². The van der Waals surface area contributed by atoms with Crippen molar-refractivity contribution in [3.05, 3.63) is 46.5 Å². The molecule has 0 aliphatic rings. The van der Waals surface area contributed by atoms with Crippen molar-refractivity contribution >= 4 is 12.3 Å². The molecule has 0 spiro atoms. The summed E-state index contributed by atoms with van der Waals surface area (Å²) in [6.45, 7) is 2.22. The maximum Gasteiger partial charge on any atom is 0.349 e. The number of nitrogens with zero attached hydrogens (tertiary/aromatic N) is 2. The molecule has 5 nitrogen and oxygen atoms in total. The van der Waals surface area contributed by atoms with Crippen LogP contribution in [0.15, 0.2) is 35.3 Å². The normalized spacial score (nSPS) is 12.3. The van der Waals surface area contributed by atoms with Gasteiger partial charge in [0.15, 0.2) is 5.75 Å². The summed E-state index contributed by atoms with van der Waals surface area (Å²) in [4.78, 5) is 16.5. The quantitative estimate of drug-likeness (QED) is 0.402. The fourth-order valence-corrected chi connectivity index (χ4v) is 2.48. The predicted octanol–water partition coefficient (Wildman–Crippen LogP) is 4.17. The van der Waals surface area contributed by atoms with E-state index in [9.17, 15) is 22.4 Å². The van der Waals surface area contributed by atoms with Crippen molar-refractivity contribution in [2.24, 2.45) is 7.05 Å². The first kappa shape index (κ1) is 20.2. The van der Waals surface area contributed by atoms with Gasteiger partial charge in [0.1, 0.15) is 5.69 Å². The third-order valence-corrected chi connectivity index (χ3v) is 4.07. The number of rotatable bonds is 7. The Labute approximate surface area is 151 Å². The van der Waals surface area contributed by atoms with Crippen molar-refractivity contribution in [3.8, 4) is 17.0 Å². The first-order valence-electron chi connectivity index (χ1n) is 7.49. The van der Waals surface area contributed by atoms with Gasteiger partial charge in [-0.2, -0.15) is 17.6 Å². The smallest absolute Gasteiger partial charge is 0.349 e. The van der Waals surface area contributed by atoms with E-state index in [1.807, 2.05) is 0 Å². The average Bonchev–Trinajstić information content (AvgIpc) is 2.57. The molecule has 10 heteroatoms. The van der Waals surface area contributed by atoms with E-state index in [1.165, 1.54) is 12.3 Å². The van der Waals surface area contributed by atoms with Gasteiger partial charge >= 0.3 is 11.8 Å². The lowest BCUT2D eigenvalue weighted by Gasteiger charge is -2.25. The fourth-order valence-electron chi connectivity index (χ4n) is 2.12. The molecule has 0 aliphatic heterocycles. The van der Waals surface area contributed by atoms with Crippen LogP contribution in [-0.4, -0.2) is 22.1 Å². The number of alkyl halides is 4. The molecule has 0 N–H and O–H groups in total. The SMILES string of the molecule is CCOSOc1cccnc1-c1ccc(C(F)(F)C(C)(F)F)n(C)c1=O. The molecule has 2 aromatic rings. The van der Waals surface area contributed by atoms with Crippen LogP contribution in [0.1, 0.15) is 19.5 Å². The van der Waals surface area contributed by atoms with E-state index >= 15 is 0 Å². The van der Waals surface area contributed by atoms with Gasteiger partial charge in [0, 0.05) is 20.2 Å². The molecule has 0 atom stereocenters. The molecule has 2 rings (SSSR count). The first-order valence-corrected chi connectivity index (χ1v) is 8.15. The van der Waals surface area contributed by atoms with Crippen LogP contribution in [0.5, 0.6) is 5.75 Å². The topological polar surface area (TPSA) is 53.4 Å². The molecular formula is C16H16F4N2O3S. The number of halogens is 4. The van der Waals surface area contributed by atoms with Gasteiger partial charge in [0.05, 0.1) is 17.9 Å². The van der Waals surface area contributed by atoms with Gasteiger partial charge < -0.3 is 8.75 Å². The Morgan fingerprint density at radius 1 is 1.23 bits per heavy atom. The molecule has 0 unspecified atom stereocenters. The van der Waals surface area contributed by atoms with Crippen molar-refractivity contribution < 1.29 is 25.9 Å². The maximum atomic E-state index is 14.0. The Kier molecular flexibility index (Phi) is 5.97. The zero-order chi connectivity index (χ0) is 19.5. The van der Waals surface area contributed by atoms with Gasteiger partial charge in [0.25, 0.3) is 5.56 Å². The Balaban J connectivity index is 2.52. The Morgan fingerprint density at radius 3 is 2.54 bits per heavy atom. The van der Waals surface area contributed by atoms with Crippen LogP contribution in [0.25, 0.3) is 11.3 Å². The number of hydrogen-bond acceptors (Lipinski definition) is 5. The molecule has 0 fully saturated rings. The summed E-state index contributed by atoms with van der Waals surface area (Å²) in [6.07, 6.45) is 1.38. The van der Waals surface area contributed by atoms with Crippen molar-refractivity contribution in [3.63, 3.8) is 0 Å². The van der Waals surface area contributed by atoms with Crippen molar-refractivity contribution in [1.82, 2.24) is 9.55 Å². The van der Waals surface area contributed by atoms with Gasteiger partial charge in [-0.15, -0.1) is 0 Å². The number of pyridine rings is 2. The van der Waals surface area contributed by atoms with E-state index < -0.39 is 23.1 Å². The van der Waals surface area contributed by atoms with Gasteiger partial charge in [-0.3, -0.25) is 14.0 Å². The number of aromatic nitrogens is 2. The molecule has 0 radical (unpaired) electrons. The van der Waals surface area contributed by atoms with Crippen LogP contribution in [0.4, 0.5) is 17.6 Å². The van der Waals surface area contributed by atoms with E-state index in [0.29, 0.717) is 23.5 Å². The highest BCUT2D eigenvalue weighted by Crippen LogP contribution is 2.42. The van der Waals surface area contributed by atoms with E-state index in [4.69, 9.17) is 8.37 Å². The lowest BCUT2D eigenvalue weighted by Crippen LogP contribution is -2.39. The van der Waals surface area contributed by atoms with Crippen LogP contribution >= 0.6 is 12.3 Å². The molecule has 0 aromatic carbocycles. The molecule has 0 bridgehead atoms. The van der Waals surface area contributed by atoms with Crippen LogP contribution in [0, 0.1) is 0 Å². The van der Waals surface area contributed by atoms with Gasteiger partial charge in [-0.1, -0.05) is 0 Å². The lowest BCUT2D eigenvalue weighted by atomic mass is 10.1. The summed E-state index contributed by atoms with van der Waals surface area (Å²) in [6, 6.07) is 4.87. The van der Waals surface area contributed by atoms with Crippen LogP contribution in [0.2, 0.25) is 0 Å². The minimum atomic E-state index is -4.51. The summed E-state index contributed by atoms with van der Waals surface area (Å²) < 4.78 is 65.2. The summed E-state index contributed by atoms with van der Waals surface area (Å²) in [7, 11) is 0.999.